The van der Waals surface area contributed by atoms with Crippen LogP contribution in [0.2, 0.25) is 0 Å². The highest BCUT2D eigenvalue weighted by Crippen LogP contribution is 2.43. The summed E-state index contributed by atoms with van der Waals surface area (Å²) in [5.74, 6) is 7.14. The van der Waals surface area contributed by atoms with Crippen molar-refractivity contribution in [2.45, 2.75) is 34.6 Å². The van der Waals surface area contributed by atoms with Gasteiger partial charge in [0.1, 0.15) is 22.4 Å². The van der Waals surface area contributed by atoms with Crippen molar-refractivity contribution in [3.63, 3.8) is 0 Å². The lowest BCUT2D eigenvalue weighted by Gasteiger charge is -2.06. The van der Waals surface area contributed by atoms with Gasteiger partial charge in [-0.05, 0) is 105 Å². The Morgan fingerprint density at radius 2 is 0.857 bits per heavy atom. The second-order valence-corrected chi connectivity index (χ2v) is 23.4. The first-order valence-corrected chi connectivity index (χ1v) is 32.5. The molecule has 0 unspecified atom stereocenters. The fourth-order valence-electron chi connectivity index (χ4n) is 10.9. The number of aryl methyl sites for hydroxylation is 7. The number of nitrogens with two attached hydrogens (primary N) is 3. The average molecular weight is 1430 g/mol. The Morgan fingerprint density at radius 1 is 0.381 bits per heavy atom. The minimum Gasteiger partial charge on any atom is -0.493 e. The molecule has 548 valence electrons. The number of ether oxygens (including phenoxy) is 10. The molecule has 0 saturated carbocycles. The number of hydrogen-bond donors (Lipinski definition) is 8. The highest BCUT2D eigenvalue weighted by atomic mass is 16.5. The minimum absolute atomic E-state index is 0.498. The van der Waals surface area contributed by atoms with Crippen LogP contribution in [0.3, 0.4) is 0 Å². The molecule has 15 heterocycles. The van der Waals surface area contributed by atoms with Gasteiger partial charge in [-0.1, -0.05) is 18.2 Å². The fourth-order valence-corrected chi connectivity index (χ4v) is 10.9. The van der Waals surface area contributed by atoms with Crippen molar-refractivity contribution in [1.29, 1.82) is 0 Å². The van der Waals surface area contributed by atoms with Crippen LogP contribution in [0, 0.1) is 34.6 Å². The number of imidazole rings is 5. The topological polar surface area (TPSA) is 400 Å². The predicted molar refractivity (Wildman–Crippen MR) is 405 cm³/mol. The molecule has 33 heteroatoms. The number of nitrogens with one attached hydrogen (secondary N) is 5. The number of methoxy groups -OCH3 is 6. The Balaban J connectivity index is 0.000000127. The van der Waals surface area contributed by atoms with Gasteiger partial charge in [-0.3, -0.25) is 0 Å². The molecule has 0 aliphatic carbocycles. The molecule has 0 saturated heterocycles. The zero-order valence-corrected chi connectivity index (χ0v) is 61.0. The highest BCUT2D eigenvalue weighted by Gasteiger charge is 2.24. The first-order valence-electron chi connectivity index (χ1n) is 32.5. The van der Waals surface area contributed by atoms with E-state index in [9.17, 15) is 0 Å². The number of pyridine rings is 6. The predicted octanol–water partition coefficient (Wildman–Crippen LogP) is 10.4. The van der Waals surface area contributed by atoms with Crippen molar-refractivity contribution in [2.75, 3.05) is 121 Å². The smallest absolute Gasteiger partial charge is 0.259 e. The lowest BCUT2D eigenvalue weighted by Crippen LogP contribution is -2.14. The maximum atomic E-state index is 5.70. The molecule has 0 radical (unpaired) electrons. The second-order valence-electron chi connectivity index (χ2n) is 23.4. The number of nitrogens with zero attached hydrogens (tertiary/aromatic N) is 15. The summed E-state index contributed by atoms with van der Waals surface area (Å²) in [4.78, 5) is 57.9. The normalized spacial score (nSPS) is 12.0. The first-order chi connectivity index (χ1) is 50.8. The van der Waals surface area contributed by atoms with E-state index in [1.165, 1.54) is 5.56 Å². The van der Waals surface area contributed by atoms with Crippen LogP contribution in [0.15, 0.2) is 129 Å². The molecular formula is C72H85N23O10. The number of hydrogen-bond acceptors (Lipinski definition) is 28. The van der Waals surface area contributed by atoms with E-state index in [0.717, 1.165) is 140 Å². The fraction of sp³-hybridized carbons (Fsp3) is 0.264. The number of fused-ring (bicyclic) bond motifs is 9. The third-order valence-corrected chi connectivity index (χ3v) is 16.4. The number of aromatic nitrogens is 16. The molecule has 4 aliphatic rings. The van der Waals surface area contributed by atoms with Crippen LogP contribution in [0.4, 0.5) is 39.9 Å². The molecule has 4 aliphatic heterocycles. The maximum Gasteiger partial charge on any atom is 0.259 e. The van der Waals surface area contributed by atoms with Crippen LogP contribution >= 0.6 is 0 Å². The van der Waals surface area contributed by atoms with Crippen LogP contribution in [0.1, 0.15) is 27.8 Å². The molecule has 105 heavy (non-hydrogen) atoms. The summed E-state index contributed by atoms with van der Waals surface area (Å²) in [7, 11) is 17.4. The number of para-hydroxylation sites is 1. The highest BCUT2D eigenvalue weighted by molar-refractivity contribution is 5.90. The monoisotopic (exact) mass is 1430 g/mol. The van der Waals surface area contributed by atoms with Gasteiger partial charge in [0.15, 0.2) is 43.9 Å². The van der Waals surface area contributed by atoms with Crippen molar-refractivity contribution in [1.82, 2.24) is 78.9 Å². The lowest BCUT2D eigenvalue weighted by molar-refractivity contribution is 0.317. The molecule has 18 rings (SSSR count). The summed E-state index contributed by atoms with van der Waals surface area (Å²) in [5, 5.41) is 6.24. The number of aromatic amines is 3. The zero-order valence-electron chi connectivity index (χ0n) is 61.0. The molecule has 33 nitrogen and oxygen atoms in total. The third kappa shape index (κ3) is 16.8. The van der Waals surface area contributed by atoms with E-state index in [1.54, 1.807) is 111 Å². The van der Waals surface area contributed by atoms with Gasteiger partial charge in [-0.2, -0.15) is 0 Å². The van der Waals surface area contributed by atoms with E-state index in [4.69, 9.17) is 64.6 Å². The largest absolute Gasteiger partial charge is 0.493 e. The van der Waals surface area contributed by atoms with Gasteiger partial charge in [0, 0.05) is 65.4 Å². The molecule has 0 spiro atoms. The van der Waals surface area contributed by atoms with E-state index in [-0.39, 0.29) is 0 Å². The van der Waals surface area contributed by atoms with Crippen molar-refractivity contribution in [2.24, 2.45) is 14.1 Å². The summed E-state index contributed by atoms with van der Waals surface area (Å²) < 4.78 is 55.7. The van der Waals surface area contributed by atoms with Gasteiger partial charge >= 0.3 is 0 Å². The number of anilines is 7. The standard InChI is InChI=1S/C9H11NO2.2C8H9N3O.2C8H9N3.3C8H10N2O2.C7H8N4/c1-6-3-4-7(11-2)9-8(6)10-5-12-9;1-5-3-9-8(12-2)7-6(5)10-4-11-7;1-11-5-10-7-6(11)3-4-9-8(7)12-2;1-5-2-3-6(9)8-7(5)10-4-11-8;1-11-5-10-8-6(9)3-2-4-7(8)11;1-5-3-9-8(11-2)7-6(5)10-4-12-7;2*1-10-5-12-7-6(10)3-4-9-8(7)11-2;1-4-2-9-7(8)6-5(4)10-3-11-6/h3-4,10H,5H2,1-2H3;3-4H,1-2H3,(H,10,11);3-5H,1-2H3;2-4H,9H2,1H3,(H,10,11);2-5H,9H2,1H3;3,10H,4H2,1-2H3;2*3-4H,5H2,1-2H3;2-3H,1H3,(H2,8,9)(H,10,11). The van der Waals surface area contributed by atoms with E-state index >= 15 is 0 Å². The van der Waals surface area contributed by atoms with Gasteiger partial charge < -0.3 is 109 Å². The molecule has 11 aromatic heterocycles. The Kier molecular flexibility index (Phi) is 24.2. The Bertz CT molecular complexity index is 4950. The summed E-state index contributed by atoms with van der Waals surface area (Å²) >= 11 is 0. The SMILES string of the molecule is COc1ccc(C)c2c1OCN2.COc1ncc(C)c2c1OCN2.COc1ncc(C)c2nc[nH]c12.COc1nccc2c1OCN2C.COc1nccc2c1OCN2C.COc1nccc2c1ncn2C.Cc1ccc(N)c2[nH]cnc12.Cc1cnc(N)c2[nH]cnc12.Cn1cnc2c(N)cccc21. The van der Waals surface area contributed by atoms with E-state index in [1.807, 2.05) is 142 Å². The van der Waals surface area contributed by atoms with Gasteiger partial charge in [-0.15, -0.1) is 0 Å². The molecule has 0 amide bonds. The van der Waals surface area contributed by atoms with Crippen LogP contribution in [-0.4, -0.2) is 163 Å². The van der Waals surface area contributed by atoms with Crippen molar-refractivity contribution >= 4 is 95.1 Å². The van der Waals surface area contributed by atoms with E-state index in [2.05, 4.69) is 80.4 Å². The van der Waals surface area contributed by atoms with Gasteiger partial charge in [0.25, 0.3) is 17.6 Å². The van der Waals surface area contributed by atoms with Crippen molar-refractivity contribution < 1.29 is 47.4 Å². The molecule has 0 fully saturated rings. The Hall–Kier alpha value is -13.5. The molecule has 14 aromatic rings. The van der Waals surface area contributed by atoms with Gasteiger partial charge in [-0.25, -0.2) is 54.8 Å². The van der Waals surface area contributed by atoms with E-state index < -0.39 is 0 Å². The van der Waals surface area contributed by atoms with Gasteiger partial charge in [0.05, 0.1) is 142 Å². The number of rotatable bonds is 6. The average Bonchev–Trinajstić information content (AvgIpc) is 1.21. The molecule has 0 atom stereocenters. The first kappa shape index (κ1) is 74.2. The molecule has 0 bridgehead atoms. The van der Waals surface area contributed by atoms with Crippen LogP contribution < -0.4 is 85.0 Å². The van der Waals surface area contributed by atoms with Crippen LogP contribution in [-0.2, 0) is 14.1 Å². The van der Waals surface area contributed by atoms with Crippen molar-refractivity contribution in [3.05, 3.63) is 157 Å². The molecular weight excluding hydrogens is 1350 g/mol. The minimum atomic E-state index is 0.498. The van der Waals surface area contributed by atoms with Crippen molar-refractivity contribution in [3.8, 4) is 58.1 Å². The van der Waals surface area contributed by atoms with E-state index in [0.29, 0.717) is 62.1 Å². The second kappa shape index (κ2) is 34.2. The summed E-state index contributed by atoms with van der Waals surface area (Å²) in [6, 6.07) is 19.3. The van der Waals surface area contributed by atoms with Crippen LogP contribution in [0.5, 0.6) is 58.1 Å². The molecule has 3 aromatic carbocycles. The number of benzene rings is 3. The summed E-state index contributed by atoms with van der Waals surface area (Å²) in [6.07, 6.45) is 18.8. The molecule has 11 N–H and O–H groups in total. The zero-order chi connectivity index (χ0) is 74.8. The number of H-pyrrole nitrogens is 3. The Labute approximate surface area is 604 Å². The lowest BCUT2D eigenvalue weighted by atomic mass is 10.2. The number of nitrogen functional groups attached to an aromatic ring is 3. The van der Waals surface area contributed by atoms with Crippen LogP contribution in [0.25, 0.3) is 55.2 Å². The van der Waals surface area contributed by atoms with Gasteiger partial charge in [0.2, 0.25) is 29.0 Å². The maximum absolute atomic E-state index is 5.70. The third-order valence-electron chi connectivity index (χ3n) is 16.4. The quantitative estimate of drug-likeness (QED) is 0.0717. The summed E-state index contributed by atoms with van der Waals surface area (Å²) in [6.45, 7) is 12.1. The summed E-state index contributed by atoms with van der Waals surface area (Å²) in [5.41, 5.74) is 37.3. The Morgan fingerprint density at radius 3 is 1.43 bits per heavy atom.